The van der Waals surface area contributed by atoms with E-state index in [0.29, 0.717) is 17.4 Å². The highest BCUT2D eigenvalue weighted by Gasteiger charge is 2.35. The molecule has 1 saturated carbocycles. The van der Waals surface area contributed by atoms with E-state index in [-0.39, 0.29) is 22.8 Å². The van der Waals surface area contributed by atoms with E-state index in [9.17, 15) is 17.4 Å². The fourth-order valence-corrected chi connectivity index (χ4v) is 4.84. The monoisotopic (exact) mass is 467 g/mol. The number of aromatic nitrogens is 2. The first kappa shape index (κ1) is 22.9. The minimum Gasteiger partial charge on any atom is -0.347 e. The number of fused-ring (bicyclic) bond motifs is 1. The summed E-state index contributed by atoms with van der Waals surface area (Å²) in [5.41, 5.74) is -0.361. The van der Waals surface area contributed by atoms with E-state index in [2.05, 4.69) is 9.71 Å². The summed E-state index contributed by atoms with van der Waals surface area (Å²) in [5.74, 6) is -0.778. The molecule has 3 aromatic rings. The molecule has 1 aliphatic rings. The van der Waals surface area contributed by atoms with Gasteiger partial charge in [-0.2, -0.15) is 13.2 Å². The Kier molecular flexibility index (Phi) is 5.92. The first-order valence-electron chi connectivity index (χ1n) is 10.4. The van der Waals surface area contributed by atoms with Crippen LogP contribution in [0, 0.1) is 11.2 Å². The van der Waals surface area contributed by atoms with E-state index in [1.165, 1.54) is 24.4 Å². The zero-order valence-electron chi connectivity index (χ0n) is 18.1. The largest absolute Gasteiger partial charge is 0.418 e. The highest BCUT2D eigenvalue weighted by atomic mass is 32.2. The number of nitrogens with one attached hydrogen (secondary N) is 1. The van der Waals surface area contributed by atoms with Crippen molar-refractivity contribution < 1.29 is 21.8 Å². The predicted molar refractivity (Wildman–Crippen MR) is 118 cm³/mol. The molecule has 0 amide bonds. The topological polar surface area (TPSA) is 46.9 Å². The molecule has 0 aliphatic heterocycles. The van der Waals surface area contributed by atoms with Crippen LogP contribution in [0.3, 0.4) is 0 Å². The lowest BCUT2D eigenvalue weighted by molar-refractivity contribution is -0.137. The Morgan fingerprint density at radius 1 is 1.22 bits per heavy atom. The van der Waals surface area contributed by atoms with Crippen LogP contribution in [0.5, 0.6) is 0 Å². The average molecular weight is 468 g/mol. The van der Waals surface area contributed by atoms with Gasteiger partial charge >= 0.3 is 6.18 Å². The van der Waals surface area contributed by atoms with E-state index < -0.39 is 34.2 Å². The molecule has 2 heterocycles. The van der Waals surface area contributed by atoms with Crippen molar-refractivity contribution >= 4 is 21.9 Å². The minimum absolute atomic E-state index is 0.121. The molecule has 0 saturated heterocycles. The summed E-state index contributed by atoms with van der Waals surface area (Å²) in [6.45, 7) is 7.00. The van der Waals surface area contributed by atoms with Gasteiger partial charge in [0.1, 0.15) is 5.82 Å². The second kappa shape index (κ2) is 8.26. The van der Waals surface area contributed by atoms with Gasteiger partial charge in [0, 0.05) is 47.2 Å². The Bertz CT molecular complexity index is 1180. The molecular formula is C23H25F4N3OS. The van der Waals surface area contributed by atoms with E-state index in [1.54, 1.807) is 0 Å². The molecule has 172 valence electrons. The Morgan fingerprint density at radius 3 is 2.56 bits per heavy atom. The third-order valence-corrected chi connectivity index (χ3v) is 6.80. The summed E-state index contributed by atoms with van der Waals surface area (Å²) in [4.78, 5) is 3.86. The molecule has 1 unspecified atom stereocenters. The van der Waals surface area contributed by atoms with Gasteiger partial charge in [0.15, 0.2) is 0 Å². The van der Waals surface area contributed by atoms with E-state index >= 15 is 4.39 Å². The molecule has 0 radical (unpaired) electrons. The van der Waals surface area contributed by atoms with Crippen molar-refractivity contribution in [2.75, 3.05) is 0 Å². The summed E-state index contributed by atoms with van der Waals surface area (Å²) in [5, 5.41) is 0.742. The van der Waals surface area contributed by atoms with E-state index in [1.807, 2.05) is 31.5 Å². The van der Waals surface area contributed by atoms with Crippen LogP contribution in [0.1, 0.15) is 44.7 Å². The van der Waals surface area contributed by atoms with E-state index in [0.717, 1.165) is 24.5 Å². The smallest absolute Gasteiger partial charge is 0.347 e. The molecule has 9 heteroatoms. The second-order valence-corrected chi connectivity index (χ2v) is 11.0. The van der Waals surface area contributed by atoms with Gasteiger partial charge in [-0.3, -0.25) is 4.98 Å². The van der Waals surface area contributed by atoms with Crippen LogP contribution >= 0.6 is 0 Å². The first-order valence-corrected chi connectivity index (χ1v) is 11.6. The molecule has 0 bridgehead atoms. The van der Waals surface area contributed by atoms with Gasteiger partial charge in [0.25, 0.3) is 0 Å². The van der Waals surface area contributed by atoms with Crippen molar-refractivity contribution in [3.63, 3.8) is 0 Å². The maximum Gasteiger partial charge on any atom is 0.418 e. The summed E-state index contributed by atoms with van der Waals surface area (Å²) >= 11 is 0. The highest BCUT2D eigenvalue weighted by molar-refractivity contribution is 7.83. The number of benzene rings is 1. The summed E-state index contributed by atoms with van der Waals surface area (Å²) in [6, 6.07) is 4.79. The number of rotatable bonds is 6. The number of nitrogens with zero attached hydrogens (tertiary/aromatic N) is 2. The quantitative estimate of drug-likeness (QED) is 0.464. The average Bonchev–Trinajstić information content (AvgIpc) is 3.49. The van der Waals surface area contributed by atoms with Crippen LogP contribution in [0.2, 0.25) is 0 Å². The van der Waals surface area contributed by atoms with Crippen molar-refractivity contribution in [3.05, 3.63) is 53.6 Å². The molecule has 32 heavy (non-hydrogen) atoms. The molecule has 4 nitrogen and oxygen atoms in total. The number of alkyl halides is 3. The molecule has 2 aromatic heterocycles. The van der Waals surface area contributed by atoms with Gasteiger partial charge < -0.3 is 4.57 Å². The molecular weight excluding hydrogens is 442 g/mol. The Hall–Kier alpha value is -2.26. The third-order valence-electron chi connectivity index (χ3n) is 5.30. The van der Waals surface area contributed by atoms with Crippen LogP contribution in [0.25, 0.3) is 22.2 Å². The zero-order chi connectivity index (χ0) is 23.3. The zero-order valence-corrected chi connectivity index (χ0v) is 18.9. The number of hydrogen-bond acceptors (Lipinski definition) is 2. The standard InChI is InChI=1S/C23H25F4N3OS/c1-22(2,3)13-30-12-14(11-29-32(31)15-6-7-15)16-9-19(24)17(10-20(16)30)21-18(23(25,26)27)5-4-8-28-21/h4-5,8-10,12,15,29H,6-7,11,13H2,1-3H3. The summed E-state index contributed by atoms with van der Waals surface area (Å²) in [7, 11) is -1.15. The Morgan fingerprint density at radius 2 is 1.94 bits per heavy atom. The lowest BCUT2D eigenvalue weighted by Gasteiger charge is -2.20. The fraction of sp³-hybridized carbons (Fsp3) is 0.435. The maximum atomic E-state index is 15.1. The van der Waals surface area contributed by atoms with Gasteiger partial charge in [-0.05, 0) is 48.1 Å². The summed E-state index contributed by atoms with van der Waals surface area (Å²) in [6.07, 6.45) is 0.286. The van der Waals surface area contributed by atoms with Crippen molar-refractivity contribution in [1.29, 1.82) is 0 Å². The van der Waals surface area contributed by atoms with Crippen molar-refractivity contribution in [2.45, 2.75) is 58.1 Å². The van der Waals surface area contributed by atoms with Crippen LogP contribution in [-0.4, -0.2) is 19.0 Å². The van der Waals surface area contributed by atoms with E-state index in [4.69, 9.17) is 0 Å². The third kappa shape index (κ3) is 4.88. The van der Waals surface area contributed by atoms with Gasteiger partial charge in [-0.15, -0.1) is 0 Å². The summed E-state index contributed by atoms with van der Waals surface area (Å²) < 4.78 is 72.8. The molecule has 1 aromatic carbocycles. The van der Waals surface area contributed by atoms with Gasteiger partial charge in [-0.25, -0.2) is 13.3 Å². The van der Waals surface area contributed by atoms with Crippen LogP contribution < -0.4 is 4.72 Å². The number of halogens is 4. The maximum absolute atomic E-state index is 15.1. The van der Waals surface area contributed by atoms with Gasteiger partial charge in [-0.1, -0.05) is 20.8 Å². The predicted octanol–water partition coefficient (Wildman–Crippen LogP) is 5.82. The molecule has 1 fully saturated rings. The number of hydrogen-bond donors (Lipinski definition) is 1. The fourth-order valence-electron chi connectivity index (χ4n) is 3.75. The minimum atomic E-state index is -4.65. The molecule has 1 aliphatic carbocycles. The van der Waals surface area contributed by atoms with Crippen molar-refractivity contribution in [3.8, 4) is 11.3 Å². The number of pyridine rings is 1. The van der Waals surface area contributed by atoms with Crippen molar-refractivity contribution in [2.24, 2.45) is 5.41 Å². The van der Waals surface area contributed by atoms with Gasteiger partial charge in [0.05, 0.1) is 22.2 Å². The SMILES string of the molecule is CC(C)(C)Cn1cc(CNS(=O)C2CC2)c2cc(F)c(-c3ncccc3C(F)(F)F)cc21. The molecule has 1 atom stereocenters. The molecule has 0 spiro atoms. The van der Waals surface area contributed by atoms with Crippen LogP contribution in [-0.2, 0) is 30.3 Å². The van der Waals surface area contributed by atoms with Crippen LogP contribution in [0.15, 0.2) is 36.7 Å². The lowest BCUT2D eigenvalue weighted by Crippen LogP contribution is -2.19. The molecule has 4 rings (SSSR count). The Labute approximate surface area is 186 Å². The normalized spacial score (nSPS) is 16.0. The van der Waals surface area contributed by atoms with Crippen molar-refractivity contribution in [1.82, 2.24) is 14.3 Å². The molecule has 1 N–H and O–H groups in total. The van der Waals surface area contributed by atoms with Gasteiger partial charge in [0.2, 0.25) is 0 Å². The first-order chi connectivity index (χ1) is 14.9. The Balaban J connectivity index is 1.83. The lowest BCUT2D eigenvalue weighted by atomic mass is 9.96. The van der Waals surface area contributed by atoms with Crippen LogP contribution in [0.4, 0.5) is 17.6 Å². The second-order valence-electron chi connectivity index (χ2n) is 9.41. The highest BCUT2D eigenvalue weighted by Crippen LogP contribution is 2.38.